The molecule has 4 nitrogen and oxygen atoms in total. The molecule has 0 fully saturated rings. The predicted octanol–water partition coefficient (Wildman–Crippen LogP) is 3.03. The summed E-state index contributed by atoms with van der Waals surface area (Å²) in [5.41, 5.74) is 0.339. The number of hydrogen-bond donors (Lipinski definition) is 0. The minimum absolute atomic E-state index is 0.136. The normalized spacial score (nSPS) is 10.6. The van der Waals surface area contributed by atoms with E-state index >= 15 is 0 Å². The number of aryl methyl sites for hydroxylation is 1. The minimum atomic E-state index is -0.159. The van der Waals surface area contributed by atoms with E-state index in [1.165, 1.54) is 6.33 Å². The van der Waals surface area contributed by atoms with Gasteiger partial charge in [0, 0.05) is 6.54 Å². The molecule has 0 aliphatic carbocycles. The lowest BCUT2D eigenvalue weighted by atomic mass is 10.1. The second-order valence-electron chi connectivity index (χ2n) is 3.69. The Morgan fingerprint density at radius 2 is 2.00 bits per heavy atom. The zero-order chi connectivity index (χ0) is 13.1. The van der Waals surface area contributed by atoms with Crippen LogP contribution in [0.3, 0.4) is 0 Å². The van der Waals surface area contributed by atoms with Crippen molar-refractivity contribution in [3.63, 3.8) is 0 Å². The molecule has 94 valence electrons. The van der Waals surface area contributed by atoms with Gasteiger partial charge in [-0.05, 0) is 19.1 Å². The van der Waals surface area contributed by atoms with Crippen molar-refractivity contribution in [1.82, 2.24) is 14.8 Å². The summed E-state index contributed by atoms with van der Waals surface area (Å²) >= 11 is 12.0. The number of Topliss-reactive ketones (excluding diaryl/α,β-unsaturated/α-hetero) is 1. The van der Waals surface area contributed by atoms with Gasteiger partial charge in [0.2, 0.25) is 0 Å². The average molecular weight is 284 g/mol. The molecule has 2 rings (SSSR count). The van der Waals surface area contributed by atoms with Gasteiger partial charge in [-0.25, -0.2) is 9.67 Å². The number of rotatable bonds is 4. The molecule has 1 aromatic carbocycles. The van der Waals surface area contributed by atoms with Crippen molar-refractivity contribution in [3.05, 3.63) is 46.0 Å². The zero-order valence-corrected chi connectivity index (χ0v) is 11.2. The Morgan fingerprint density at radius 3 is 2.61 bits per heavy atom. The van der Waals surface area contributed by atoms with Crippen LogP contribution in [0.4, 0.5) is 0 Å². The number of nitrogens with zero attached hydrogens (tertiary/aromatic N) is 3. The maximum atomic E-state index is 12.2. The van der Waals surface area contributed by atoms with Crippen molar-refractivity contribution in [2.24, 2.45) is 0 Å². The molecule has 18 heavy (non-hydrogen) atoms. The largest absolute Gasteiger partial charge is 0.294 e. The van der Waals surface area contributed by atoms with Crippen molar-refractivity contribution in [1.29, 1.82) is 0 Å². The standard InChI is InChI=1S/C12H11Cl2N3O/c1-2-17-11(15-7-16-17)6-10(18)12-8(13)4-3-5-9(12)14/h3-5,7H,2,6H2,1H3. The SMILES string of the molecule is CCn1ncnc1CC(=O)c1c(Cl)cccc1Cl. The summed E-state index contributed by atoms with van der Waals surface area (Å²) in [7, 11) is 0. The van der Waals surface area contributed by atoms with Crippen molar-refractivity contribution in [3.8, 4) is 0 Å². The van der Waals surface area contributed by atoms with Crippen LogP contribution in [0.5, 0.6) is 0 Å². The van der Waals surface area contributed by atoms with Crippen LogP contribution in [-0.4, -0.2) is 20.5 Å². The van der Waals surface area contributed by atoms with Crippen LogP contribution in [-0.2, 0) is 13.0 Å². The molecular formula is C12H11Cl2N3O. The Labute approximate surface area is 115 Å². The number of hydrogen-bond acceptors (Lipinski definition) is 3. The Bertz CT molecular complexity index is 560. The highest BCUT2D eigenvalue weighted by Gasteiger charge is 2.17. The van der Waals surface area contributed by atoms with E-state index in [9.17, 15) is 4.79 Å². The molecule has 0 unspecified atom stereocenters. The van der Waals surface area contributed by atoms with Crippen LogP contribution >= 0.6 is 23.2 Å². The third kappa shape index (κ3) is 2.54. The van der Waals surface area contributed by atoms with E-state index in [0.717, 1.165) is 0 Å². The summed E-state index contributed by atoms with van der Waals surface area (Å²) in [5.74, 6) is 0.451. The Hall–Kier alpha value is -1.39. The van der Waals surface area contributed by atoms with Gasteiger partial charge in [-0.15, -0.1) is 0 Å². The molecule has 0 aliphatic rings. The molecule has 2 aromatic rings. The third-order valence-corrected chi connectivity index (χ3v) is 3.19. The van der Waals surface area contributed by atoms with E-state index in [1.807, 2.05) is 6.92 Å². The fourth-order valence-electron chi connectivity index (χ4n) is 1.69. The lowest BCUT2D eigenvalue weighted by molar-refractivity contribution is 0.0989. The number of carbonyl (C=O) groups is 1. The molecule has 0 aliphatic heterocycles. The van der Waals surface area contributed by atoms with Crippen molar-refractivity contribution < 1.29 is 4.79 Å². The average Bonchev–Trinajstić information content (AvgIpc) is 2.76. The van der Waals surface area contributed by atoms with E-state index in [1.54, 1.807) is 22.9 Å². The Kier molecular flexibility index (Phi) is 3.99. The maximum absolute atomic E-state index is 12.2. The third-order valence-electron chi connectivity index (χ3n) is 2.56. The first kappa shape index (κ1) is 13.1. The fraction of sp³-hybridized carbons (Fsp3) is 0.250. The van der Waals surface area contributed by atoms with Gasteiger partial charge in [0.1, 0.15) is 12.2 Å². The molecule has 0 bridgehead atoms. The van der Waals surface area contributed by atoms with E-state index in [0.29, 0.717) is 28.0 Å². The van der Waals surface area contributed by atoms with Crippen LogP contribution in [0.15, 0.2) is 24.5 Å². The van der Waals surface area contributed by atoms with Gasteiger partial charge in [-0.3, -0.25) is 4.79 Å². The molecule has 1 aromatic heterocycles. The van der Waals surface area contributed by atoms with Crippen molar-refractivity contribution in [2.75, 3.05) is 0 Å². The van der Waals surface area contributed by atoms with Crippen molar-refractivity contribution in [2.45, 2.75) is 19.9 Å². The summed E-state index contributed by atoms with van der Waals surface area (Å²) in [6.07, 6.45) is 1.57. The van der Waals surface area contributed by atoms with Gasteiger partial charge in [0.05, 0.1) is 22.0 Å². The monoisotopic (exact) mass is 283 g/mol. The Balaban J connectivity index is 2.28. The number of halogens is 2. The highest BCUT2D eigenvalue weighted by molar-refractivity contribution is 6.39. The molecule has 0 spiro atoms. The molecule has 6 heteroatoms. The van der Waals surface area contributed by atoms with E-state index in [-0.39, 0.29) is 12.2 Å². The summed E-state index contributed by atoms with van der Waals surface area (Å²) < 4.78 is 1.67. The van der Waals surface area contributed by atoms with Gasteiger partial charge in [-0.1, -0.05) is 29.3 Å². The van der Waals surface area contributed by atoms with Gasteiger partial charge < -0.3 is 0 Å². The van der Waals surface area contributed by atoms with Gasteiger partial charge >= 0.3 is 0 Å². The molecule has 0 saturated heterocycles. The second kappa shape index (κ2) is 5.50. The predicted molar refractivity (Wildman–Crippen MR) is 70.2 cm³/mol. The topological polar surface area (TPSA) is 47.8 Å². The molecule has 0 N–H and O–H groups in total. The quantitative estimate of drug-likeness (QED) is 0.811. The second-order valence-corrected chi connectivity index (χ2v) is 4.50. The van der Waals surface area contributed by atoms with Crippen LogP contribution in [0, 0.1) is 0 Å². The molecule has 0 radical (unpaired) electrons. The fourth-order valence-corrected chi connectivity index (χ4v) is 2.29. The number of benzene rings is 1. The van der Waals surface area contributed by atoms with Crippen LogP contribution < -0.4 is 0 Å². The smallest absolute Gasteiger partial charge is 0.173 e. The molecule has 0 atom stereocenters. The van der Waals surface area contributed by atoms with E-state index in [4.69, 9.17) is 23.2 Å². The lowest BCUT2D eigenvalue weighted by Crippen LogP contribution is -2.11. The molecular weight excluding hydrogens is 273 g/mol. The zero-order valence-electron chi connectivity index (χ0n) is 9.73. The van der Waals surface area contributed by atoms with Crippen LogP contribution in [0.2, 0.25) is 10.0 Å². The maximum Gasteiger partial charge on any atom is 0.173 e. The Morgan fingerprint density at radius 1 is 1.33 bits per heavy atom. The molecule has 0 saturated carbocycles. The number of carbonyl (C=O) groups excluding carboxylic acids is 1. The highest BCUT2D eigenvalue weighted by Crippen LogP contribution is 2.25. The first-order valence-electron chi connectivity index (χ1n) is 5.47. The minimum Gasteiger partial charge on any atom is -0.294 e. The summed E-state index contributed by atoms with van der Waals surface area (Å²) in [4.78, 5) is 16.2. The van der Waals surface area contributed by atoms with E-state index < -0.39 is 0 Å². The highest BCUT2D eigenvalue weighted by atomic mass is 35.5. The first-order valence-corrected chi connectivity index (χ1v) is 6.23. The van der Waals surface area contributed by atoms with Gasteiger partial charge in [-0.2, -0.15) is 5.10 Å². The van der Waals surface area contributed by atoms with Crippen molar-refractivity contribution >= 4 is 29.0 Å². The lowest BCUT2D eigenvalue weighted by Gasteiger charge is -2.06. The van der Waals surface area contributed by atoms with Crippen LogP contribution in [0.1, 0.15) is 23.1 Å². The molecule has 1 heterocycles. The van der Waals surface area contributed by atoms with Gasteiger partial charge in [0.25, 0.3) is 0 Å². The van der Waals surface area contributed by atoms with Crippen LogP contribution in [0.25, 0.3) is 0 Å². The summed E-state index contributed by atoms with van der Waals surface area (Å²) in [6, 6.07) is 4.99. The molecule has 0 amide bonds. The number of ketones is 1. The summed E-state index contributed by atoms with van der Waals surface area (Å²) in [5, 5.41) is 4.73. The summed E-state index contributed by atoms with van der Waals surface area (Å²) in [6.45, 7) is 2.60. The van der Waals surface area contributed by atoms with E-state index in [2.05, 4.69) is 10.1 Å². The van der Waals surface area contributed by atoms with Gasteiger partial charge in [0.15, 0.2) is 5.78 Å². The first-order chi connectivity index (χ1) is 8.63. The number of aromatic nitrogens is 3.